The number of carbonyl (C=O) groups excluding carboxylic acids is 2. The third-order valence-electron chi connectivity index (χ3n) is 3.39. The fourth-order valence-electron chi connectivity index (χ4n) is 2.17. The summed E-state index contributed by atoms with van der Waals surface area (Å²) in [7, 11) is 1.67. The molecule has 110 valence electrons. The largest absolute Gasteiger partial charge is 0.387 e. The van der Waals surface area contributed by atoms with Gasteiger partial charge < -0.3 is 19.5 Å². The van der Waals surface area contributed by atoms with Crippen molar-refractivity contribution >= 4 is 35.0 Å². The summed E-state index contributed by atoms with van der Waals surface area (Å²) in [5.74, 6) is -0.487. The molecule has 20 heavy (non-hydrogen) atoms. The minimum atomic E-state index is -0.503. The van der Waals surface area contributed by atoms with E-state index >= 15 is 0 Å². The van der Waals surface area contributed by atoms with Crippen LogP contribution in [0.5, 0.6) is 0 Å². The topological polar surface area (TPSA) is 65.8 Å². The summed E-state index contributed by atoms with van der Waals surface area (Å²) < 4.78 is 1.54. The second kappa shape index (κ2) is 6.03. The zero-order valence-electron chi connectivity index (χ0n) is 11.0. The highest BCUT2D eigenvalue weighted by Crippen LogP contribution is 2.26. The molecule has 1 saturated heterocycles. The van der Waals surface area contributed by atoms with Crippen LogP contribution in [0.25, 0.3) is 0 Å². The monoisotopic (exact) mass is 319 g/mol. The predicted octanol–water partition coefficient (Wildman–Crippen LogP) is 0.609. The van der Waals surface area contributed by atoms with Gasteiger partial charge in [-0.15, -0.1) is 0 Å². The third kappa shape index (κ3) is 2.77. The van der Waals surface area contributed by atoms with E-state index in [0.717, 1.165) is 0 Å². The summed E-state index contributed by atoms with van der Waals surface area (Å²) >= 11 is 11.8. The SMILES string of the molecule is Cn1c(C(=O)N2CCN(C(=O)CO)CC2)cc(Cl)c1Cl. The smallest absolute Gasteiger partial charge is 0.270 e. The van der Waals surface area contributed by atoms with E-state index in [4.69, 9.17) is 28.3 Å². The van der Waals surface area contributed by atoms with Crippen LogP contribution in [-0.4, -0.2) is 64.1 Å². The fourth-order valence-corrected chi connectivity index (χ4v) is 2.54. The van der Waals surface area contributed by atoms with Crippen molar-refractivity contribution in [2.45, 2.75) is 0 Å². The summed E-state index contributed by atoms with van der Waals surface area (Å²) in [5.41, 5.74) is 0.418. The van der Waals surface area contributed by atoms with Crippen LogP contribution in [0.1, 0.15) is 10.5 Å². The number of hydrogen-bond donors (Lipinski definition) is 1. The number of nitrogens with zero attached hydrogens (tertiary/aromatic N) is 3. The Bertz CT molecular complexity index is 536. The van der Waals surface area contributed by atoms with Crippen molar-refractivity contribution in [1.29, 1.82) is 0 Å². The number of amides is 2. The molecule has 1 aliphatic heterocycles. The van der Waals surface area contributed by atoms with Crippen molar-refractivity contribution in [3.63, 3.8) is 0 Å². The molecule has 0 unspecified atom stereocenters. The number of aliphatic hydroxyl groups is 1. The number of piperazine rings is 1. The summed E-state index contributed by atoms with van der Waals surface area (Å²) in [6.45, 7) is 1.17. The lowest BCUT2D eigenvalue weighted by atomic mass is 10.2. The molecule has 8 heteroatoms. The summed E-state index contributed by atoms with van der Waals surface area (Å²) in [5, 5.41) is 9.47. The van der Waals surface area contributed by atoms with Gasteiger partial charge in [0.1, 0.15) is 17.5 Å². The molecule has 1 aromatic heterocycles. The van der Waals surface area contributed by atoms with E-state index in [-0.39, 0.29) is 11.8 Å². The van der Waals surface area contributed by atoms with E-state index in [0.29, 0.717) is 42.0 Å². The van der Waals surface area contributed by atoms with Crippen LogP contribution in [-0.2, 0) is 11.8 Å². The van der Waals surface area contributed by atoms with Crippen molar-refractivity contribution in [2.75, 3.05) is 32.8 Å². The number of carbonyl (C=O) groups is 2. The summed E-state index contributed by atoms with van der Waals surface area (Å²) in [6, 6.07) is 1.54. The van der Waals surface area contributed by atoms with Crippen LogP contribution in [0.15, 0.2) is 6.07 Å². The van der Waals surface area contributed by atoms with Gasteiger partial charge in [-0.2, -0.15) is 0 Å². The first kappa shape index (κ1) is 15.2. The van der Waals surface area contributed by atoms with Gasteiger partial charge in [-0.1, -0.05) is 23.2 Å². The molecule has 0 bridgehead atoms. The lowest BCUT2D eigenvalue weighted by molar-refractivity contribution is -0.135. The quantitative estimate of drug-likeness (QED) is 0.868. The second-order valence-corrected chi connectivity index (χ2v) is 5.32. The van der Waals surface area contributed by atoms with Crippen LogP contribution < -0.4 is 0 Å². The lowest BCUT2D eigenvalue weighted by Gasteiger charge is -2.34. The standard InChI is InChI=1S/C12H15Cl2N3O3/c1-15-9(6-8(13)11(15)14)12(20)17-4-2-16(3-5-17)10(19)7-18/h6,18H,2-5,7H2,1H3. The lowest BCUT2D eigenvalue weighted by Crippen LogP contribution is -2.51. The zero-order valence-corrected chi connectivity index (χ0v) is 12.5. The molecule has 0 radical (unpaired) electrons. The maximum Gasteiger partial charge on any atom is 0.270 e. The summed E-state index contributed by atoms with van der Waals surface area (Å²) in [4.78, 5) is 26.9. The van der Waals surface area contributed by atoms with E-state index in [2.05, 4.69) is 0 Å². The predicted molar refractivity (Wildman–Crippen MR) is 75.0 cm³/mol. The van der Waals surface area contributed by atoms with E-state index in [1.807, 2.05) is 0 Å². The number of hydrogen-bond acceptors (Lipinski definition) is 3. The van der Waals surface area contributed by atoms with Crippen molar-refractivity contribution in [1.82, 2.24) is 14.4 Å². The molecule has 0 atom stereocenters. The Labute approximate surface area is 126 Å². The average Bonchev–Trinajstić information content (AvgIpc) is 2.73. The van der Waals surface area contributed by atoms with Gasteiger partial charge in [-0.05, 0) is 6.07 Å². The Morgan fingerprint density at radius 1 is 1.20 bits per heavy atom. The molecule has 0 aromatic carbocycles. The first-order chi connectivity index (χ1) is 9.45. The molecule has 0 aliphatic carbocycles. The van der Waals surface area contributed by atoms with Crippen LogP contribution in [0.3, 0.4) is 0 Å². The maximum absolute atomic E-state index is 12.4. The van der Waals surface area contributed by atoms with E-state index in [1.165, 1.54) is 15.5 Å². The van der Waals surface area contributed by atoms with Gasteiger partial charge in [-0.3, -0.25) is 9.59 Å². The molecule has 6 nitrogen and oxygen atoms in total. The highest BCUT2D eigenvalue weighted by Gasteiger charge is 2.26. The number of aromatic nitrogens is 1. The van der Waals surface area contributed by atoms with Gasteiger partial charge in [0.05, 0.1) is 5.02 Å². The Hall–Kier alpha value is -1.24. The summed E-state index contributed by atoms with van der Waals surface area (Å²) in [6.07, 6.45) is 0. The van der Waals surface area contributed by atoms with Gasteiger partial charge in [-0.25, -0.2) is 0 Å². The number of rotatable bonds is 2. The van der Waals surface area contributed by atoms with Crippen LogP contribution in [0.2, 0.25) is 10.2 Å². The fraction of sp³-hybridized carbons (Fsp3) is 0.500. The molecule has 2 rings (SSSR count). The molecule has 2 heterocycles. The van der Waals surface area contributed by atoms with Gasteiger partial charge >= 0.3 is 0 Å². The normalized spacial score (nSPS) is 15.6. The molecule has 2 amide bonds. The van der Waals surface area contributed by atoms with Crippen LogP contribution in [0, 0.1) is 0 Å². The Morgan fingerprint density at radius 2 is 1.75 bits per heavy atom. The van der Waals surface area contributed by atoms with Gasteiger partial charge in [0, 0.05) is 33.2 Å². The average molecular weight is 320 g/mol. The number of halogens is 2. The van der Waals surface area contributed by atoms with Gasteiger partial charge in [0.2, 0.25) is 5.91 Å². The van der Waals surface area contributed by atoms with Crippen molar-refractivity contribution < 1.29 is 14.7 Å². The molecular formula is C12H15Cl2N3O3. The highest BCUT2D eigenvalue weighted by atomic mass is 35.5. The van der Waals surface area contributed by atoms with Crippen molar-refractivity contribution in [2.24, 2.45) is 7.05 Å². The highest BCUT2D eigenvalue weighted by molar-refractivity contribution is 6.41. The van der Waals surface area contributed by atoms with Gasteiger partial charge in [0.15, 0.2) is 0 Å². The Morgan fingerprint density at radius 3 is 2.20 bits per heavy atom. The molecule has 1 N–H and O–H groups in total. The molecular weight excluding hydrogens is 305 g/mol. The minimum Gasteiger partial charge on any atom is -0.387 e. The van der Waals surface area contributed by atoms with Crippen LogP contribution in [0.4, 0.5) is 0 Å². The number of aliphatic hydroxyl groups excluding tert-OH is 1. The maximum atomic E-state index is 12.4. The van der Waals surface area contributed by atoms with E-state index in [9.17, 15) is 9.59 Å². The second-order valence-electron chi connectivity index (χ2n) is 4.56. The third-order valence-corrected chi connectivity index (χ3v) is 4.23. The molecule has 1 fully saturated rings. The Kier molecular flexibility index (Phi) is 4.57. The minimum absolute atomic E-state index is 0.169. The van der Waals surface area contributed by atoms with Crippen molar-refractivity contribution in [3.05, 3.63) is 21.9 Å². The Balaban J connectivity index is 2.05. The van der Waals surface area contributed by atoms with Gasteiger partial charge in [0.25, 0.3) is 5.91 Å². The zero-order chi connectivity index (χ0) is 14.9. The van der Waals surface area contributed by atoms with E-state index < -0.39 is 6.61 Å². The molecule has 0 spiro atoms. The first-order valence-electron chi connectivity index (χ1n) is 6.14. The molecule has 0 saturated carbocycles. The van der Waals surface area contributed by atoms with E-state index in [1.54, 1.807) is 11.9 Å². The van der Waals surface area contributed by atoms with Crippen LogP contribution >= 0.6 is 23.2 Å². The van der Waals surface area contributed by atoms with Crippen molar-refractivity contribution in [3.8, 4) is 0 Å². The molecule has 1 aliphatic rings. The first-order valence-corrected chi connectivity index (χ1v) is 6.90. The molecule has 1 aromatic rings.